The van der Waals surface area contributed by atoms with Gasteiger partial charge in [0.25, 0.3) is 0 Å². The second kappa shape index (κ2) is 7.43. The van der Waals surface area contributed by atoms with Gasteiger partial charge in [0, 0.05) is 19.1 Å². The predicted molar refractivity (Wildman–Crippen MR) is 89.4 cm³/mol. The molecule has 1 aliphatic heterocycles. The van der Waals surface area contributed by atoms with Gasteiger partial charge in [-0.25, -0.2) is 0 Å². The summed E-state index contributed by atoms with van der Waals surface area (Å²) < 4.78 is 0. The van der Waals surface area contributed by atoms with E-state index in [0.29, 0.717) is 6.04 Å². The number of hydrogen-bond acceptors (Lipinski definition) is 3. The first-order valence-corrected chi connectivity index (χ1v) is 9.09. The van der Waals surface area contributed by atoms with Crippen LogP contribution in [0.4, 0.5) is 0 Å². The number of rotatable bonds is 4. The summed E-state index contributed by atoms with van der Waals surface area (Å²) in [5.41, 5.74) is -0.442. The molecule has 2 rings (SSSR count). The highest BCUT2D eigenvalue weighted by atomic mass is 16.3. The van der Waals surface area contributed by atoms with Crippen molar-refractivity contribution in [1.29, 1.82) is 0 Å². The highest BCUT2D eigenvalue weighted by Gasteiger charge is 2.35. The van der Waals surface area contributed by atoms with Crippen LogP contribution >= 0.6 is 0 Å². The molecule has 0 aromatic carbocycles. The monoisotopic (exact) mass is 296 g/mol. The second-order valence-corrected chi connectivity index (χ2v) is 8.03. The van der Waals surface area contributed by atoms with Crippen LogP contribution in [0.15, 0.2) is 0 Å². The number of nitrogens with one attached hydrogen (secondary N) is 1. The van der Waals surface area contributed by atoms with Gasteiger partial charge in [-0.15, -0.1) is 0 Å². The quantitative estimate of drug-likeness (QED) is 0.837. The Balaban J connectivity index is 1.95. The molecule has 1 heterocycles. The topological polar surface area (TPSA) is 35.5 Å². The summed E-state index contributed by atoms with van der Waals surface area (Å²) in [6.45, 7) is 13.6. The molecule has 0 aromatic rings. The fourth-order valence-corrected chi connectivity index (χ4v) is 4.51. The van der Waals surface area contributed by atoms with E-state index < -0.39 is 5.60 Å². The first-order valence-electron chi connectivity index (χ1n) is 9.09. The third-order valence-electron chi connectivity index (χ3n) is 5.77. The van der Waals surface area contributed by atoms with Crippen molar-refractivity contribution in [3.8, 4) is 0 Å². The van der Waals surface area contributed by atoms with Gasteiger partial charge in [-0.2, -0.15) is 0 Å². The summed E-state index contributed by atoms with van der Waals surface area (Å²) in [6, 6.07) is 0.678. The first kappa shape index (κ1) is 17.2. The Labute approximate surface area is 131 Å². The van der Waals surface area contributed by atoms with Crippen LogP contribution in [0.1, 0.15) is 59.8 Å². The fourth-order valence-electron chi connectivity index (χ4n) is 4.51. The molecule has 0 aromatic heterocycles. The molecule has 0 spiro atoms. The van der Waals surface area contributed by atoms with Gasteiger partial charge in [0.2, 0.25) is 0 Å². The maximum atomic E-state index is 10.3. The van der Waals surface area contributed by atoms with E-state index in [2.05, 4.69) is 31.0 Å². The second-order valence-electron chi connectivity index (χ2n) is 8.03. The Morgan fingerprint density at radius 3 is 2.67 bits per heavy atom. The smallest absolute Gasteiger partial charge is 0.0632 e. The third-order valence-corrected chi connectivity index (χ3v) is 5.77. The lowest BCUT2D eigenvalue weighted by Gasteiger charge is -2.42. The highest BCUT2D eigenvalue weighted by molar-refractivity contribution is 4.90. The molecular formula is C18H36N2O. The van der Waals surface area contributed by atoms with Crippen molar-refractivity contribution < 1.29 is 5.11 Å². The number of aliphatic hydroxyl groups is 1. The number of nitrogens with zero attached hydrogens (tertiary/aromatic N) is 1. The van der Waals surface area contributed by atoms with Gasteiger partial charge in [0.15, 0.2) is 0 Å². The molecule has 124 valence electrons. The molecule has 3 heteroatoms. The van der Waals surface area contributed by atoms with Gasteiger partial charge >= 0.3 is 0 Å². The molecule has 21 heavy (non-hydrogen) atoms. The minimum atomic E-state index is -0.442. The van der Waals surface area contributed by atoms with E-state index in [0.717, 1.165) is 56.7 Å². The maximum absolute atomic E-state index is 10.3. The van der Waals surface area contributed by atoms with Crippen molar-refractivity contribution in [1.82, 2.24) is 10.2 Å². The number of hydrogen-bond donors (Lipinski definition) is 2. The Morgan fingerprint density at radius 1 is 1.19 bits per heavy atom. The Kier molecular flexibility index (Phi) is 6.10. The highest BCUT2D eigenvalue weighted by Crippen LogP contribution is 2.35. The van der Waals surface area contributed by atoms with E-state index in [4.69, 9.17) is 0 Å². The zero-order valence-electron chi connectivity index (χ0n) is 14.6. The molecular weight excluding hydrogens is 260 g/mol. The van der Waals surface area contributed by atoms with E-state index in [1.54, 1.807) is 0 Å². The lowest BCUT2D eigenvalue weighted by Crippen LogP contribution is -2.49. The third kappa shape index (κ3) is 4.94. The average molecular weight is 296 g/mol. The van der Waals surface area contributed by atoms with Crippen molar-refractivity contribution in [2.45, 2.75) is 71.4 Å². The summed E-state index contributed by atoms with van der Waals surface area (Å²) >= 11 is 0. The molecule has 1 saturated heterocycles. The van der Waals surface area contributed by atoms with Crippen LogP contribution in [0.5, 0.6) is 0 Å². The van der Waals surface area contributed by atoms with Crippen LogP contribution in [0, 0.1) is 17.8 Å². The largest absolute Gasteiger partial charge is 0.390 e. The Morgan fingerprint density at radius 2 is 1.95 bits per heavy atom. The Hall–Kier alpha value is -0.120. The van der Waals surface area contributed by atoms with E-state index in [-0.39, 0.29) is 0 Å². The van der Waals surface area contributed by atoms with Crippen molar-refractivity contribution in [2.75, 3.05) is 26.2 Å². The van der Waals surface area contributed by atoms with Gasteiger partial charge in [-0.3, -0.25) is 0 Å². The van der Waals surface area contributed by atoms with E-state index in [1.807, 2.05) is 6.92 Å². The molecule has 2 fully saturated rings. The standard InChI is InChI=1S/C18H36N2O/c1-5-19-17-12-14(2)11-15(3)16(17)13-20-9-6-7-18(4,21)8-10-20/h14-17,19,21H,5-13H2,1-4H3. The number of likely N-dealkylation sites (tertiary alicyclic amines) is 1. The minimum absolute atomic E-state index is 0.442. The van der Waals surface area contributed by atoms with E-state index >= 15 is 0 Å². The summed E-state index contributed by atoms with van der Waals surface area (Å²) in [7, 11) is 0. The molecule has 3 nitrogen and oxygen atoms in total. The van der Waals surface area contributed by atoms with Gasteiger partial charge in [-0.05, 0) is 69.9 Å². The molecule has 2 N–H and O–H groups in total. The van der Waals surface area contributed by atoms with Crippen LogP contribution in [-0.2, 0) is 0 Å². The molecule has 5 unspecified atom stereocenters. The van der Waals surface area contributed by atoms with Crippen molar-refractivity contribution in [3.05, 3.63) is 0 Å². The molecule has 0 bridgehead atoms. The fraction of sp³-hybridized carbons (Fsp3) is 1.00. The van der Waals surface area contributed by atoms with E-state index in [9.17, 15) is 5.11 Å². The van der Waals surface area contributed by atoms with Gasteiger partial charge in [0.1, 0.15) is 0 Å². The first-order chi connectivity index (χ1) is 9.91. The normalized spacial score (nSPS) is 42.7. The lowest BCUT2D eigenvalue weighted by molar-refractivity contribution is 0.0421. The summed E-state index contributed by atoms with van der Waals surface area (Å²) in [6.07, 6.45) is 5.72. The van der Waals surface area contributed by atoms with Crippen LogP contribution < -0.4 is 5.32 Å². The average Bonchev–Trinajstić information content (AvgIpc) is 2.55. The lowest BCUT2D eigenvalue weighted by atomic mass is 9.72. The Bertz CT molecular complexity index is 318. The van der Waals surface area contributed by atoms with Gasteiger partial charge in [-0.1, -0.05) is 20.8 Å². The molecule has 1 saturated carbocycles. The molecule has 1 aliphatic carbocycles. The summed E-state index contributed by atoms with van der Waals surface area (Å²) in [4.78, 5) is 2.61. The minimum Gasteiger partial charge on any atom is -0.390 e. The summed E-state index contributed by atoms with van der Waals surface area (Å²) in [5, 5.41) is 14.0. The SMILES string of the molecule is CCNC1CC(C)CC(C)C1CN1CCCC(C)(O)CC1. The van der Waals surface area contributed by atoms with Crippen LogP contribution in [0.2, 0.25) is 0 Å². The summed E-state index contributed by atoms with van der Waals surface area (Å²) in [5.74, 6) is 2.43. The van der Waals surface area contributed by atoms with Gasteiger partial charge in [0.05, 0.1) is 5.60 Å². The zero-order chi connectivity index (χ0) is 15.5. The molecule has 0 amide bonds. The van der Waals surface area contributed by atoms with Gasteiger partial charge < -0.3 is 15.3 Å². The molecule has 2 aliphatic rings. The zero-order valence-corrected chi connectivity index (χ0v) is 14.6. The van der Waals surface area contributed by atoms with Crippen LogP contribution in [0.25, 0.3) is 0 Å². The van der Waals surface area contributed by atoms with Crippen molar-refractivity contribution in [2.24, 2.45) is 17.8 Å². The predicted octanol–water partition coefficient (Wildman–Crippen LogP) is 2.88. The van der Waals surface area contributed by atoms with Crippen LogP contribution in [-0.4, -0.2) is 47.8 Å². The van der Waals surface area contributed by atoms with Crippen molar-refractivity contribution >= 4 is 0 Å². The van der Waals surface area contributed by atoms with E-state index in [1.165, 1.54) is 19.4 Å². The van der Waals surface area contributed by atoms with Crippen LogP contribution in [0.3, 0.4) is 0 Å². The molecule has 0 radical (unpaired) electrons. The van der Waals surface area contributed by atoms with Crippen molar-refractivity contribution in [3.63, 3.8) is 0 Å². The molecule has 5 atom stereocenters. The maximum Gasteiger partial charge on any atom is 0.0632 e.